The molecule has 1 aromatic heterocycles. The van der Waals surface area contributed by atoms with Gasteiger partial charge in [-0.1, -0.05) is 37.2 Å². The highest BCUT2D eigenvalue weighted by molar-refractivity contribution is 5.74. The lowest BCUT2D eigenvalue weighted by molar-refractivity contribution is 0.231. The number of fused-ring (bicyclic) bond motifs is 1. The summed E-state index contributed by atoms with van der Waals surface area (Å²) in [6, 6.07) is 9.56. The number of benzene rings is 1. The standard InChI is InChI=1S/C18H23N3O3/c1-11(2)16-8-13(24-21-16)9-19-18(22)20-12(3)15-10-23-17-7-5-4-6-14(15)17/h4-8,11-12,15H,9-10H2,1-3H3,(H2,19,20,22)/t12-,15-/m1/s1. The lowest BCUT2D eigenvalue weighted by Gasteiger charge is -2.20. The summed E-state index contributed by atoms with van der Waals surface area (Å²) in [7, 11) is 0. The van der Waals surface area contributed by atoms with Crippen LogP contribution >= 0.6 is 0 Å². The van der Waals surface area contributed by atoms with Gasteiger partial charge in [0.1, 0.15) is 5.75 Å². The van der Waals surface area contributed by atoms with E-state index in [1.54, 1.807) is 0 Å². The van der Waals surface area contributed by atoms with E-state index in [1.165, 1.54) is 0 Å². The lowest BCUT2D eigenvalue weighted by atomic mass is 9.94. The molecular weight excluding hydrogens is 306 g/mol. The van der Waals surface area contributed by atoms with Crippen LogP contribution in [0.1, 0.15) is 49.6 Å². The highest BCUT2D eigenvalue weighted by atomic mass is 16.5. The Morgan fingerprint density at radius 1 is 1.33 bits per heavy atom. The number of carbonyl (C=O) groups excluding carboxylic acids is 1. The van der Waals surface area contributed by atoms with Gasteiger partial charge in [0.2, 0.25) is 0 Å². The molecule has 2 heterocycles. The second-order valence-corrected chi connectivity index (χ2v) is 6.44. The Balaban J connectivity index is 1.51. The molecule has 0 unspecified atom stereocenters. The van der Waals surface area contributed by atoms with E-state index in [4.69, 9.17) is 9.26 Å². The van der Waals surface area contributed by atoms with Crippen molar-refractivity contribution >= 4 is 6.03 Å². The van der Waals surface area contributed by atoms with Gasteiger partial charge < -0.3 is 19.9 Å². The molecule has 6 heteroatoms. The van der Waals surface area contributed by atoms with E-state index in [0.717, 1.165) is 17.0 Å². The van der Waals surface area contributed by atoms with Crippen molar-refractivity contribution in [2.45, 2.75) is 45.2 Å². The van der Waals surface area contributed by atoms with E-state index >= 15 is 0 Å². The number of ether oxygens (including phenoxy) is 1. The predicted molar refractivity (Wildman–Crippen MR) is 90.1 cm³/mol. The topological polar surface area (TPSA) is 76.4 Å². The first-order valence-corrected chi connectivity index (χ1v) is 8.26. The molecule has 0 saturated carbocycles. The van der Waals surface area contributed by atoms with E-state index in [0.29, 0.717) is 24.8 Å². The Morgan fingerprint density at radius 2 is 2.12 bits per heavy atom. The summed E-state index contributed by atoms with van der Waals surface area (Å²) in [6.45, 7) is 6.98. The van der Waals surface area contributed by atoms with Crippen molar-refractivity contribution < 1.29 is 14.1 Å². The largest absolute Gasteiger partial charge is 0.493 e. The number of urea groups is 1. The van der Waals surface area contributed by atoms with Gasteiger partial charge in [-0.3, -0.25) is 0 Å². The zero-order valence-electron chi connectivity index (χ0n) is 14.2. The molecule has 2 N–H and O–H groups in total. The number of hydrogen-bond donors (Lipinski definition) is 2. The third-order valence-electron chi connectivity index (χ3n) is 4.29. The van der Waals surface area contributed by atoms with Gasteiger partial charge in [-0.15, -0.1) is 0 Å². The molecule has 0 radical (unpaired) electrons. The highest BCUT2D eigenvalue weighted by Gasteiger charge is 2.29. The van der Waals surface area contributed by atoms with Crippen molar-refractivity contribution in [2.75, 3.05) is 6.61 Å². The fourth-order valence-electron chi connectivity index (χ4n) is 2.81. The molecule has 24 heavy (non-hydrogen) atoms. The maximum Gasteiger partial charge on any atom is 0.315 e. The molecule has 2 aromatic rings. The Morgan fingerprint density at radius 3 is 2.88 bits per heavy atom. The van der Waals surface area contributed by atoms with Gasteiger partial charge in [-0.05, 0) is 18.9 Å². The molecule has 6 nitrogen and oxygen atoms in total. The summed E-state index contributed by atoms with van der Waals surface area (Å²) in [5.41, 5.74) is 2.03. The van der Waals surface area contributed by atoms with Gasteiger partial charge in [0, 0.05) is 23.6 Å². The SMILES string of the molecule is CC(C)c1cc(CNC(=O)N[C@H](C)[C@H]2COc3ccccc32)on1. The van der Waals surface area contributed by atoms with Gasteiger partial charge in [0.25, 0.3) is 0 Å². The zero-order valence-corrected chi connectivity index (χ0v) is 14.2. The maximum absolute atomic E-state index is 12.1. The third-order valence-corrected chi connectivity index (χ3v) is 4.29. The number of amides is 2. The maximum atomic E-state index is 12.1. The number of rotatable bonds is 5. The number of para-hydroxylation sites is 1. The van der Waals surface area contributed by atoms with E-state index in [9.17, 15) is 4.79 Å². The molecule has 0 saturated heterocycles. The second kappa shape index (κ2) is 6.95. The van der Waals surface area contributed by atoms with Crippen molar-refractivity contribution in [1.29, 1.82) is 0 Å². The van der Waals surface area contributed by atoms with E-state index in [-0.39, 0.29) is 18.0 Å². The number of nitrogens with one attached hydrogen (secondary N) is 2. The first-order valence-electron chi connectivity index (χ1n) is 8.26. The fraction of sp³-hybridized carbons (Fsp3) is 0.444. The van der Waals surface area contributed by atoms with Crippen LogP contribution in [0.5, 0.6) is 5.75 Å². The number of aromatic nitrogens is 1. The molecule has 0 fully saturated rings. The fourth-order valence-corrected chi connectivity index (χ4v) is 2.81. The molecule has 0 spiro atoms. The molecule has 3 rings (SSSR count). The number of hydrogen-bond acceptors (Lipinski definition) is 4. The Kier molecular flexibility index (Phi) is 4.74. The van der Waals surface area contributed by atoms with Gasteiger partial charge in [0.05, 0.1) is 18.8 Å². The minimum Gasteiger partial charge on any atom is -0.493 e. The highest BCUT2D eigenvalue weighted by Crippen LogP contribution is 2.35. The minimum atomic E-state index is -0.227. The third kappa shape index (κ3) is 3.53. The monoisotopic (exact) mass is 329 g/mol. The Bertz CT molecular complexity index is 711. The molecule has 0 bridgehead atoms. The van der Waals surface area contributed by atoms with Crippen molar-refractivity contribution in [1.82, 2.24) is 15.8 Å². The molecular formula is C18H23N3O3. The minimum absolute atomic E-state index is 0.0328. The van der Waals surface area contributed by atoms with Crippen LogP contribution in [0.25, 0.3) is 0 Å². The summed E-state index contributed by atoms with van der Waals surface area (Å²) in [5, 5.41) is 9.75. The summed E-state index contributed by atoms with van der Waals surface area (Å²) >= 11 is 0. The first kappa shape index (κ1) is 16.4. The molecule has 1 aliphatic heterocycles. The van der Waals surface area contributed by atoms with Crippen LogP contribution < -0.4 is 15.4 Å². The first-order chi connectivity index (χ1) is 11.5. The molecule has 2 amide bonds. The van der Waals surface area contributed by atoms with Crippen molar-refractivity contribution in [3.05, 3.63) is 47.3 Å². The average Bonchev–Trinajstić information content (AvgIpc) is 3.20. The van der Waals surface area contributed by atoms with Crippen molar-refractivity contribution in [3.63, 3.8) is 0 Å². The lowest BCUT2D eigenvalue weighted by Crippen LogP contribution is -2.43. The smallest absolute Gasteiger partial charge is 0.315 e. The van der Waals surface area contributed by atoms with Crippen LogP contribution in [-0.2, 0) is 6.54 Å². The van der Waals surface area contributed by atoms with Gasteiger partial charge >= 0.3 is 6.03 Å². The molecule has 1 aromatic carbocycles. The van der Waals surface area contributed by atoms with Crippen LogP contribution in [0.15, 0.2) is 34.9 Å². The predicted octanol–water partition coefficient (Wildman–Crippen LogP) is 3.16. The second-order valence-electron chi connectivity index (χ2n) is 6.44. The number of nitrogens with zero attached hydrogens (tertiary/aromatic N) is 1. The van der Waals surface area contributed by atoms with Crippen LogP contribution in [0.4, 0.5) is 4.79 Å². The van der Waals surface area contributed by atoms with Crippen LogP contribution in [0.2, 0.25) is 0 Å². The summed E-state index contributed by atoms with van der Waals surface area (Å²) < 4.78 is 10.9. The zero-order chi connectivity index (χ0) is 17.1. The summed E-state index contributed by atoms with van der Waals surface area (Å²) in [5.74, 6) is 2.01. The van der Waals surface area contributed by atoms with Gasteiger partial charge in [0.15, 0.2) is 5.76 Å². The van der Waals surface area contributed by atoms with E-state index in [2.05, 4.69) is 15.8 Å². The Labute approximate surface area is 141 Å². The van der Waals surface area contributed by atoms with Crippen LogP contribution in [0, 0.1) is 0 Å². The summed E-state index contributed by atoms with van der Waals surface area (Å²) in [6.07, 6.45) is 0. The molecule has 1 aliphatic rings. The Hall–Kier alpha value is -2.50. The van der Waals surface area contributed by atoms with E-state index < -0.39 is 0 Å². The molecule has 2 atom stereocenters. The van der Waals surface area contributed by atoms with Crippen molar-refractivity contribution in [3.8, 4) is 5.75 Å². The van der Waals surface area contributed by atoms with Crippen LogP contribution in [0.3, 0.4) is 0 Å². The summed E-state index contributed by atoms with van der Waals surface area (Å²) in [4.78, 5) is 12.1. The normalized spacial score (nSPS) is 17.2. The van der Waals surface area contributed by atoms with Gasteiger partial charge in [-0.2, -0.15) is 0 Å². The van der Waals surface area contributed by atoms with E-state index in [1.807, 2.05) is 51.1 Å². The average molecular weight is 329 g/mol. The van der Waals surface area contributed by atoms with Crippen LogP contribution in [-0.4, -0.2) is 23.8 Å². The molecule has 128 valence electrons. The van der Waals surface area contributed by atoms with Gasteiger partial charge in [-0.25, -0.2) is 4.79 Å². The van der Waals surface area contributed by atoms with Crippen molar-refractivity contribution in [2.24, 2.45) is 0 Å². The quantitative estimate of drug-likeness (QED) is 0.883. The number of carbonyl (C=O) groups is 1. The molecule has 0 aliphatic carbocycles.